The number of aryl methyl sites for hydroxylation is 1. The van der Waals surface area contributed by atoms with Crippen molar-refractivity contribution in [1.29, 1.82) is 0 Å². The molecule has 2 heterocycles. The number of benzene rings is 1. The molecule has 1 aromatic carbocycles. The van der Waals surface area contributed by atoms with Crippen LogP contribution in [0.4, 0.5) is 0 Å². The summed E-state index contributed by atoms with van der Waals surface area (Å²) in [6.45, 7) is 2.01. The summed E-state index contributed by atoms with van der Waals surface area (Å²) in [6, 6.07) is 15.5. The number of nitrogens with one attached hydrogen (secondary N) is 1. The number of Topliss-reactive ketones (excluding diaryl/α,β-unsaturated/α-hetero) is 1. The van der Waals surface area contributed by atoms with Gasteiger partial charge in [-0.05, 0) is 30.7 Å². The predicted molar refractivity (Wildman–Crippen MR) is 86.0 cm³/mol. The SMILES string of the molecule is CNC(=O)C(=O)c1c(-c2ccc(C)cc2)cc2ccccn12. The summed E-state index contributed by atoms with van der Waals surface area (Å²) < 4.78 is 1.76. The summed E-state index contributed by atoms with van der Waals surface area (Å²) >= 11 is 0. The van der Waals surface area contributed by atoms with Gasteiger partial charge in [-0.3, -0.25) is 9.59 Å². The van der Waals surface area contributed by atoms with Crippen molar-refractivity contribution < 1.29 is 9.59 Å². The molecule has 0 bridgehead atoms. The van der Waals surface area contributed by atoms with Crippen LogP contribution in [0.25, 0.3) is 16.6 Å². The maximum absolute atomic E-state index is 12.5. The standard InChI is InChI=1S/C18H16N2O2/c1-12-6-8-13(9-7-12)15-11-14-5-3-4-10-20(14)16(15)17(21)18(22)19-2/h3-11H,1-2H3,(H,19,22). The number of amides is 1. The van der Waals surface area contributed by atoms with Gasteiger partial charge in [0, 0.05) is 24.3 Å². The number of ketones is 1. The summed E-state index contributed by atoms with van der Waals surface area (Å²) in [5.41, 5.74) is 4.09. The van der Waals surface area contributed by atoms with Crippen LogP contribution in [0.3, 0.4) is 0 Å². The maximum Gasteiger partial charge on any atom is 0.293 e. The lowest BCUT2D eigenvalue weighted by Gasteiger charge is -2.06. The molecule has 0 saturated carbocycles. The molecule has 1 amide bonds. The molecule has 0 saturated heterocycles. The monoisotopic (exact) mass is 292 g/mol. The highest BCUT2D eigenvalue weighted by molar-refractivity contribution is 6.43. The topological polar surface area (TPSA) is 50.6 Å². The summed E-state index contributed by atoms with van der Waals surface area (Å²) in [7, 11) is 1.46. The van der Waals surface area contributed by atoms with Crippen LogP contribution in [-0.4, -0.2) is 23.1 Å². The zero-order chi connectivity index (χ0) is 15.7. The number of rotatable bonds is 3. The Morgan fingerprint density at radius 3 is 2.45 bits per heavy atom. The Morgan fingerprint density at radius 2 is 1.77 bits per heavy atom. The van der Waals surface area contributed by atoms with Gasteiger partial charge in [0.1, 0.15) is 5.69 Å². The number of hydrogen-bond acceptors (Lipinski definition) is 2. The first kappa shape index (κ1) is 14.1. The minimum Gasteiger partial charge on any atom is -0.352 e. The average Bonchev–Trinajstić information content (AvgIpc) is 2.93. The smallest absolute Gasteiger partial charge is 0.293 e. The van der Waals surface area contributed by atoms with Crippen molar-refractivity contribution in [2.45, 2.75) is 6.92 Å². The fraction of sp³-hybridized carbons (Fsp3) is 0.111. The highest BCUT2D eigenvalue weighted by Gasteiger charge is 2.23. The molecule has 3 rings (SSSR count). The summed E-state index contributed by atoms with van der Waals surface area (Å²) in [5.74, 6) is -1.15. The first-order valence-corrected chi connectivity index (χ1v) is 7.05. The zero-order valence-corrected chi connectivity index (χ0v) is 12.5. The van der Waals surface area contributed by atoms with Gasteiger partial charge < -0.3 is 9.72 Å². The van der Waals surface area contributed by atoms with Crippen LogP contribution in [-0.2, 0) is 4.79 Å². The van der Waals surface area contributed by atoms with Gasteiger partial charge >= 0.3 is 0 Å². The second kappa shape index (κ2) is 5.48. The van der Waals surface area contributed by atoms with Gasteiger partial charge in [-0.15, -0.1) is 0 Å². The molecule has 0 aliphatic heterocycles. The van der Waals surface area contributed by atoms with Crippen LogP contribution < -0.4 is 5.32 Å². The van der Waals surface area contributed by atoms with Gasteiger partial charge in [-0.2, -0.15) is 0 Å². The molecule has 2 aromatic heterocycles. The van der Waals surface area contributed by atoms with E-state index in [0.29, 0.717) is 5.69 Å². The summed E-state index contributed by atoms with van der Waals surface area (Å²) in [5, 5.41) is 2.40. The van der Waals surface area contributed by atoms with Gasteiger partial charge in [-0.1, -0.05) is 35.9 Å². The Bertz CT molecular complexity index is 860. The van der Waals surface area contributed by atoms with Crippen LogP contribution in [0, 0.1) is 6.92 Å². The minimum absolute atomic E-state index is 0.388. The molecule has 0 atom stereocenters. The predicted octanol–water partition coefficient (Wildman–Crippen LogP) is 2.84. The molecular weight excluding hydrogens is 276 g/mol. The second-order valence-corrected chi connectivity index (χ2v) is 5.18. The molecule has 22 heavy (non-hydrogen) atoms. The van der Waals surface area contributed by atoms with Crippen molar-refractivity contribution in [3.63, 3.8) is 0 Å². The highest BCUT2D eigenvalue weighted by atomic mass is 16.2. The number of nitrogens with zero attached hydrogens (tertiary/aromatic N) is 1. The largest absolute Gasteiger partial charge is 0.352 e. The van der Waals surface area contributed by atoms with Crippen molar-refractivity contribution in [2.24, 2.45) is 0 Å². The van der Waals surface area contributed by atoms with E-state index >= 15 is 0 Å². The van der Waals surface area contributed by atoms with E-state index in [2.05, 4.69) is 5.32 Å². The average molecular weight is 292 g/mol. The van der Waals surface area contributed by atoms with Gasteiger partial charge in [-0.25, -0.2) is 0 Å². The van der Waals surface area contributed by atoms with Crippen LogP contribution in [0.5, 0.6) is 0 Å². The van der Waals surface area contributed by atoms with Crippen molar-refractivity contribution in [3.8, 4) is 11.1 Å². The number of pyridine rings is 1. The van der Waals surface area contributed by atoms with Crippen LogP contribution in [0.1, 0.15) is 16.1 Å². The Hall–Kier alpha value is -2.88. The van der Waals surface area contributed by atoms with Gasteiger partial charge in [0.15, 0.2) is 0 Å². The van der Waals surface area contributed by atoms with E-state index in [-0.39, 0.29) is 0 Å². The van der Waals surface area contributed by atoms with E-state index in [4.69, 9.17) is 0 Å². The van der Waals surface area contributed by atoms with E-state index in [9.17, 15) is 9.59 Å². The third-order valence-corrected chi connectivity index (χ3v) is 3.69. The maximum atomic E-state index is 12.5. The van der Waals surface area contributed by atoms with Crippen molar-refractivity contribution in [1.82, 2.24) is 9.72 Å². The first-order chi connectivity index (χ1) is 10.6. The second-order valence-electron chi connectivity index (χ2n) is 5.18. The molecule has 4 heteroatoms. The van der Waals surface area contributed by atoms with Crippen LogP contribution >= 0.6 is 0 Å². The van der Waals surface area contributed by atoms with Gasteiger partial charge in [0.05, 0.1) is 0 Å². The number of likely N-dealkylation sites (N-methyl/N-ethyl adjacent to an activating group) is 1. The molecular formula is C18H16N2O2. The number of carbonyl (C=O) groups excluding carboxylic acids is 2. The minimum atomic E-state index is -0.614. The molecule has 1 N–H and O–H groups in total. The Kier molecular flexibility index (Phi) is 3.51. The van der Waals surface area contributed by atoms with E-state index in [0.717, 1.165) is 22.2 Å². The molecule has 0 aliphatic carbocycles. The van der Waals surface area contributed by atoms with Crippen molar-refractivity contribution in [3.05, 3.63) is 66.0 Å². The lowest BCUT2D eigenvalue weighted by atomic mass is 10.0. The molecule has 0 unspecified atom stereocenters. The Balaban J connectivity index is 2.27. The number of aromatic nitrogens is 1. The van der Waals surface area contributed by atoms with Crippen LogP contribution in [0.15, 0.2) is 54.7 Å². The fourth-order valence-corrected chi connectivity index (χ4v) is 2.53. The van der Waals surface area contributed by atoms with Gasteiger partial charge in [0.25, 0.3) is 11.7 Å². The van der Waals surface area contributed by atoms with Crippen LogP contribution in [0.2, 0.25) is 0 Å². The highest BCUT2D eigenvalue weighted by Crippen LogP contribution is 2.28. The first-order valence-electron chi connectivity index (χ1n) is 7.05. The summed E-state index contributed by atoms with van der Waals surface area (Å²) in [6.07, 6.45) is 1.79. The third kappa shape index (κ3) is 2.29. The summed E-state index contributed by atoms with van der Waals surface area (Å²) in [4.78, 5) is 24.3. The number of fused-ring (bicyclic) bond motifs is 1. The molecule has 0 aliphatic rings. The van der Waals surface area contributed by atoms with E-state index < -0.39 is 11.7 Å². The van der Waals surface area contributed by atoms with E-state index in [1.807, 2.05) is 55.5 Å². The number of hydrogen-bond donors (Lipinski definition) is 1. The van der Waals surface area contributed by atoms with E-state index in [1.54, 1.807) is 10.6 Å². The van der Waals surface area contributed by atoms with Gasteiger partial charge in [0.2, 0.25) is 0 Å². The van der Waals surface area contributed by atoms with Crippen molar-refractivity contribution in [2.75, 3.05) is 7.05 Å². The number of carbonyl (C=O) groups is 2. The quantitative estimate of drug-likeness (QED) is 0.596. The lowest BCUT2D eigenvalue weighted by Crippen LogP contribution is -2.28. The molecule has 0 fully saturated rings. The molecule has 0 radical (unpaired) electrons. The lowest BCUT2D eigenvalue weighted by molar-refractivity contribution is -0.116. The molecule has 110 valence electrons. The van der Waals surface area contributed by atoms with E-state index in [1.165, 1.54) is 7.05 Å². The Labute approximate surface area is 128 Å². The normalized spacial score (nSPS) is 10.6. The fourth-order valence-electron chi connectivity index (χ4n) is 2.53. The van der Waals surface area contributed by atoms with Crippen molar-refractivity contribution >= 4 is 17.2 Å². The third-order valence-electron chi connectivity index (χ3n) is 3.69. The zero-order valence-electron chi connectivity index (χ0n) is 12.5. The molecule has 4 nitrogen and oxygen atoms in total. The molecule has 0 spiro atoms. The Morgan fingerprint density at radius 1 is 1.05 bits per heavy atom. The molecule has 3 aromatic rings.